The number of rotatable bonds is 6. The first-order valence-electron chi connectivity index (χ1n) is 8.32. The van der Waals surface area contributed by atoms with E-state index in [4.69, 9.17) is 5.73 Å². The molecule has 1 fully saturated rings. The molecule has 3 heteroatoms. The zero-order chi connectivity index (χ0) is 15.2. The molecule has 0 aromatic heterocycles. The molecule has 118 valence electrons. The fourth-order valence-electron chi connectivity index (χ4n) is 3.18. The second-order valence-corrected chi connectivity index (χ2v) is 6.73. The Hall–Kier alpha value is -1.06. The zero-order valence-electron chi connectivity index (χ0n) is 13.9. The molecule has 1 unspecified atom stereocenters. The number of benzene rings is 1. The van der Waals surface area contributed by atoms with Crippen LogP contribution in [0.15, 0.2) is 24.3 Å². The number of nitrogens with zero attached hydrogens (tertiary/aromatic N) is 2. The van der Waals surface area contributed by atoms with Gasteiger partial charge in [-0.1, -0.05) is 19.1 Å². The van der Waals surface area contributed by atoms with Crippen LogP contribution in [0.1, 0.15) is 31.7 Å². The highest BCUT2D eigenvalue weighted by Gasteiger charge is 2.19. The molecule has 0 radical (unpaired) electrons. The van der Waals surface area contributed by atoms with E-state index in [9.17, 15) is 0 Å². The number of anilines is 1. The monoisotopic (exact) mass is 289 g/mol. The summed E-state index contributed by atoms with van der Waals surface area (Å²) < 4.78 is 0. The van der Waals surface area contributed by atoms with Crippen molar-refractivity contribution in [2.24, 2.45) is 11.7 Å². The topological polar surface area (TPSA) is 32.5 Å². The van der Waals surface area contributed by atoms with Gasteiger partial charge in [-0.15, -0.1) is 0 Å². The quantitative estimate of drug-likeness (QED) is 0.874. The zero-order valence-corrected chi connectivity index (χ0v) is 13.9. The number of nitrogens with two attached hydrogens (primary N) is 1. The third-order valence-electron chi connectivity index (χ3n) is 4.56. The van der Waals surface area contributed by atoms with Crippen LogP contribution >= 0.6 is 0 Å². The average Bonchev–Trinajstić information content (AvgIpc) is 2.48. The van der Waals surface area contributed by atoms with E-state index in [1.165, 1.54) is 43.7 Å². The van der Waals surface area contributed by atoms with Crippen molar-refractivity contribution in [3.63, 3.8) is 0 Å². The van der Waals surface area contributed by atoms with E-state index < -0.39 is 0 Å². The first-order valence-corrected chi connectivity index (χ1v) is 8.32. The molecular formula is C18H31N3. The minimum atomic E-state index is 0.289. The van der Waals surface area contributed by atoms with Gasteiger partial charge in [0, 0.05) is 31.4 Å². The largest absolute Gasteiger partial charge is 0.372 e. The second kappa shape index (κ2) is 7.81. The van der Waals surface area contributed by atoms with Crippen LogP contribution in [0.3, 0.4) is 0 Å². The Morgan fingerprint density at radius 2 is 1.81 bits per heavy atom. The highest BCUT2D eigenvalue weighted by Crippen LogP contribution is 2.24. The smallest absolute Gasteiger partial charge is 0.0366 e. The third-order valence-corrected chi connectivity index (χ3v) is 4.56. The van der Waals surface area contributed by atoms with Gasteiger partial charge in [0.1, 0.15) is 0 Å². The van der Waals surface area contributed by atoms with Crippen molar-refractivity contribution >= 4 is 5.69 Å². The van der Waals surface area contributed by atoms with Gasteiger partial charge < -0.3 is 15.5 Å². The van der Waals surface area contributed by atoms with Crippen LogP contribution in [-0.4, -0.2) is 44.7 Å². The first-order chi connectivity index (χ1) is 10.1. The van der Waals surface area contributed by atoms with Crippen molar-refractivity contribution in [3.8, 4) is 0 Å². The number of piperidine rings is 1. The van der Waals surface area contributed by atoms with E-state index in [0.29, 0.717) is 0 Å². The predicted molar refractivity (Wildman–Crippen MR) is 91.9 cm³/mol. The van der Waals surface area contributed by atoms with Crippen LogP contribution in [0.5, 0.6) is 0 Å². The van der Waals surface area contributed by atoms with E-state index in [0.717, 1.165) is 18.8 Å². The standard InChI is InChI=1S/C18H31N3/c1-4-17(19)13-15-5-7-18(8-6-15)21-11-9-16(10-12-21)14-20(2)3/h5-8,16-17H,4,9-14,19H2,1-3H3. The maximum atomic E-state index is 6.03. The van der Waals surface area contributed by atoms with E-state index >= 15 is 0 Å². The fourth-order valence-corrected chi connectivity index (χ4v) is 3.18. The maximum absolute atomic E-state index is 6.03. The molecular weight excluding hydrogens is 258 g/mol. The molecule has 1 aliphatic heterocycles. The van der Waals surface area contributed by atoms with Crippen molar-refractivity contribution in [2.45, 2.75) is 38.6 Å². The highest BCUT2D eigenvalue weighted by molar-refractivity contribution is 5.48. The Balaban J connectivity index is 1.86. The molecule has 1 atom stereocenters. The highest BCUT2D eigenvalue weighted by atomic mass is 15.1. The van der Waals surface area contributed by atoms with Gasteiger partial charge in [0.25, 0.3) is 0 Å². The lowest BCUT2D eigenvalue weighted by atomic mass is 9.96. The Morgan fingerprint density at radius 1 is 1.19 bits per heavy atom. The molecule has 0 aliphatic carbocycles. The van der Waals surface area contributed by atoms with Gasteiger partial charge in [-0.3, -0.25) is 0 Å². The van der Waals surface area contributed by atoms with Gasteiger partial charge in [-0.05, 0) is 63.4 Å². The predicted octanol–water partition coefficient (Wildman–Crippen LogP) is 2.74. The summed E-state index contributed by atoms with van der Waals surface area (Å²) in [5, 5.41) is 0. The average molecular weight is 289 g/mol. The van der Waals surface area contributed by atoms with Gasteiger partial charge in [-0.25, -0.2) is 0 Å². The minimum absolute atomic E-state index is 0.289. The van der Waals surface area contributed by atoms with Crippen molar-refractivity contribution in [1.82, 2.24) is 4.90 Å². The van der Waals surface area contributed by atoms with E-state index in [-0.39, 0.29) is 6.04 Å². The minimum Gasteiger partial charge on any atom is -0.372 e. The van der Waals surface area contributed by atoms with Gasteiger partial charge in [0.2, 0.25) is 0 Å². The Morgan fingerprint density at radius 3 is 2.33 bits per heavy atom. The molecule has 0 saturated carbocycles. The van der Waals surface area contributed by atoms with Crippen molar-refractivity contribution in [1.29, 1.82) is 0 Å². The molecule has 21 heavy (non-hydrogen) atoms. The Bertz CT molecular complexity index is 405. The number of hydrogen-bond donors (Lipinski definition) is 1. The lowest BCUT2D eigenvalue weighted by Gasteiger charge is -2.34. The van der Waals surface area contributed by atoms with Crippen LogP contribution in [0.25, 0.3) is 0 Å². The molecule has 1 aliphatic rings. The summed E-state index contributed by atoms with van der Waals surface area (Å²) >= 11 is 0. The lowest BCUT2D eigenvalue weighted by molar-refractivity contribution is 0.285. The Labute approximate surface area is 130 Å². The fraction of sp³-hybridized carbons (Fsp3) is 0.667. The molecule has 1 saturated heterocycles. The number of hydrogen-bond acceptors (Lipinski definition) is 3. The molecule has 3 nitrogen and oxygen atoms in total. The van der Waals surface area contributed by atoms with E-state index in [1.54, 1.807) is 0 Å². The van der Waals surface area contributed by atoms with Crippen molar-refractivity contribution < 1.29 is 0 Å². The summed E-state index contributed by atoms with van der Waals surface area (Å²) in [5.41, 5.74) is 8.75. The van der Waals surface area contributed by atoms with E-state index in [2.05, 4.69) is 55.1 Å². The summed E-state index contributed by atoms with van der Waals surface area (Å²) in [6, 6.07) is 9.32. The molecule has 0 amide bonds. The SMILES string of the molecule is CCC(N)Cc1ccc(N2CCC(CN(C)C)CC2)cc1. The van der Waals surface area contributed by atoms with E-state index in [1.807, 2.05) is 0 Å². The molecule has 2 rings (SSSR count). The van der Waals surface area contributed by atoms with Crippen LogP contribution in [0, 0.1) is 5.92 Å². The maximum Gasteiger partial charge on any atom is 0.0366 e. The second-order valence-electron chi connectivity index (χ2n) is 6.73. The lowest BCUT2D eigenvalue weighted by Crippen LogP contribution is -2.37. The molecule has 1 aromatic rings. The van der Waals surface area contributed by atoms with Crippen LogP contribution < -0.4 is 10.6 Å². The van der Waals surface area contributed by atoms with Crippen LogP contribution in [0.4, 0.5) is 5.69 Å². The molecule has 0 spiro atoms. The summed E-state index contributed by atoms with van der Waals surface area (Å²) in [6.07, 6.45) is 4.64. The summed E-state index contributed by atoms with van der Waals surface area (Å²) in [7, 11) is 4.35. The van der Waals surface area contributed by atoms with Crippen molar-refractivity contribution in [2.75, 3.05) is 38.6 Å². The third kappa shape index (κ3) is 5.01. The summed E-state index contributed by atoms with van der Waals surface area (Å²) in [6.45, 7) is 5.75. The van der Waals surface area contributed by atoms with Gasteiger partial charge in [0.15, 0.2) is 0 Å². The Kier molecular flexibility index (Phi) is 6.07. The van der Waals surface area contributed by atoms with Gasteiger partial charge >= 0.3 is 0 Å². The molecule has 1 heterocycles. The molecule has 2 N–H and O–H groups in total. The first kappa shape index (κ1) is 16.3. The van der Waals surface area contributed by atoms with Crippen molar-refractivity contribution in [3.05, 3.63) is 29.8 Å². The van der Waals surface area contributed by atoms with Crippen LogP contribution in [-0.2, 0) is 6.42 Å². The molecule has 0 bridgehead atoms. The molecule has 1 aromatic carbocycles. The van der Waals surface area contributed by atoms with Crippen LogP contribution in [0.2, 0.25) is 0 Å². The summed E-state index contributed by atoms with van der Waals surface area (Å²) in [4.78, 5) is 4.84. The summed E-state index contributed by atoms with van der Waals surface area (Å²) in [5.74, 6) is 0.859. The van der Waals surface area contributed by atoms with Gasteiger partial charge in [0.05, 0.1) is 0 Å². The normalized spacial score (nSPS) is 18.2. The van der Waals surface area contributed by atoms with Gasteiger partial charge in [-0.2, -0.15) is 0 Å².